The fourth-order valence-corrected chi connectivity index (χ4v) is 0.864. The zero-order valence-electron chi connectivity index (χ0n) is 7.35. The Hall–Kier alpha value is -1.70. The summed E-state index contributed by atoms with van der Waals surface area (Å²) in [6.45, 7) is 6.00. The van der Waals surface area contributed by atoms with Crippen LogP contribution >= 0.6 is 0 Å². The van der Waals surface area contributed by atoms with Gasteiger partial charge in [0, 0.05) is 0 Å². The molecule has 0 fully saturated rings. The van der Waals surface area contributed by atoms with E-state index in [1.807, 2.05) is 6.07 Å². The zero-order valence-corrected chi connectivity index (χ0v) is 7.35. The van der Waals surface area contributed by atoms with Gasteiger partial charge >= 0.3 is 0 Å². The number of benzene rings is 1. The van der Waals surface area contributed by atoms with Gasteiger partial charge in [-0.2, -0.15) is 0 Å². The maximum atomic E-state index is 10.3. The Morgan fingerprint density at radius 2 is 1.46 bits per heavy atom. The van der Waals surface area contributed by atoms with E-state index in [-0.39, 0.29) is 0 Å². The Balaban J connectivity index is 0.000000671. The highest BCUT2D eigenvalue weighted by atomic mass is 16.1. The minimum Gasteiger partial charge on any atom is -0.302 e. The molecule has 0 bridgehead atoms. The average molecular weight is 176 g/mol. The van der Waals surface area contributed by atoms with Gasteiger partial charge in [-0.25, -0.2) is 0 Å². The van der Waals surface area contributed by atoms with Gasteiger partial charge in [-0.05, 0) is 5.56 Å². The molecule has 1 aromatic carbocycles. The van der Waals surface area contributed by atoms with Crippen molar-refractivity contribution in [3.63, 3.8) is 0 Å². The molecule has 0 atom stereocenters. The van der Waals surface area contributed by atoms with Gasteiger partial charge < -0.3 is 9.59 Å². The molecule has 13 heavy (non-hydrogen) atoms. The maximum Gasteiger partial charge on any atom is 0.134 e. The molecule has 2 heteroatoms. The number of aldehydes is 2. The van der Waals surface area contributed by atoms with E-state index in [1.165, 1.54) is 0 Å². The van der Waals surface area contributed by atoms with Crippen molar-refractivity contribution >= 4 is 12.6 Å². The van der Waals surface area contributed by atoms with Crippen molar-refractivity contribution in [3.05, 3.63) is 49.1 Å². The van der Waals surface area contributed by atoms with Crippen LogP contribution in [0.1, 0.15) is 11.5 Å². The van der Waals surface area contributed by atoms with Gasteiger partial charge in [-0.15, -0.1) is 13.2 Å². The zero-order chi connectivity index (χ0) is 10.1. The lowest BCUT2D eigenvalue weighted by molar-refractivity contribution is -0.116. The Bertz CT molecular complexity index is 246. The summed E-state index contributed by atoms with van der Waals surface area (Å²) in [5.41, 5.74) is 0.748. The molecule has 0 unspecified atom stereocenters. The van der Waals surface area contributed by atoms with Crippen molar-refractivity contribution in [2.24, 2.45) is 0 Å². The number of hydrogen-bond donors (Lipinski definition) is 0. The Morgan fingerprint density at radius 1 is 1.00 bits per heavy atom. The van der Waals surface area contributed by atoms with Crippen LogP contribution in [0, 0.1) is 0 Å². The highest BCUT2D eigenvalue weighted by molar-refractivity contribution is 5.84. The molecule has 0 spiro atoms. The van der Waals surface area contributed by atoms with Crippen molar-refractivity contribution in [1.82, 2.24) is 0 Å². The number of rotatable bonds is 3. The topological polar surface area (TPSA) is 34.1 Å². The third-order valence-electron chi connectivity index (χ3n) is 1.48. The molecule has 0 amide bonds. The molecular weight excluding hydrogens is 164 g/mol. The van der Waals surface area contributed by atoms with E-state index in [0.717, 1.165) is 5.56 Å². The molecule has 0 radical (unpaired) electrons. The van der Waals surface area contributed by atoms with Crippen LogP contribution in [-0.2, 0) is 9.59 Å². The van der Waals surface area contributed by atoms with Crippen LogP contribution in [0.4, 0.5) is 0 Å². The summed E-state index contributed by atoms with van der Waals surface area (Å²) in [5.74, 6) is -0.601. The third kappa shape index (κ3) is 3.47. The largest absolute Gasteiger partial charge is 0.302 e. The molecule has 68 valence electrons. The molecule has 0 saturated heterocycles. The Labute approximate surface area is 77.9 Å². The van der Waals surface area contributed by atoms with E-state index in [9.17, 15) is 9.59 Å². The van der Waals surface area contributed by atoms with Crippen LogP contribution in [0.5, 0.6) is 0 Å². The van der Waals surface area contributed by atoms with E-state index < -0.39 is 5.92 Å². The number of carbonyl (C=O) groups excluding carboxylic acids is 2. The number of hydrogen-bond acceptors (Lipinski definition) is 2. The molecule has 1 aromatic rings. The third-order valence-corrected chi connectivity index (χ3v) is 1.48. The first-order chi connectivity index (χ1) is 6.38. The van der Waals surface area contributed by atoms with Crippen LogP contribution in [0.2, 0.25) is 0 Å². The van der Waals surface area contributed by atoms with Crippen LogP contribution in [-0.4, -0.2) is 12.6 Å². The van der Waals surface area contributed by atoms with Crippen LogP contribution in [0.25, 0.3) is 0 Å². The van der Waals surface area contributed by atoms with Gasteiger partial charge in [-0.1, -0.05) is 30.3 Å². The molecule has 2 nitrogen and oxygen atoms in total. The smallest absolute Gasteiger partial charge is 0.134 e. The molecule has 0 saturated carbocycles. The summed E-state index contributed by atoms with van der Waals surface area (Å²) in [5, 5.41) is 0. The first-order valence-corrected chi connectivity index (χ1v) is 3.84. The lowest BCUT2D eigenvalue weighted by Gasteiger charge is -1.99. The lowest BCUT2D eigenvalue weighted by atomic mass is 10.0. The van der Waals surface area contributed by atoms with E-state index in [1.54, 1.807) is 24.3 Å². The summed E-state index contributed by atoms with van der Waals surface area (Å²) in [6, 6.07) is 8.96. The summed E-state index contributed by atoms with van der Waals surface area (Å²) in [6.07, 6.45) is 1.28. The molecule has 1 rings (SSSR count). The van der Waals surface area contributed by atoms with Crippen molar-refractivity contribution < 1.29 is 9.59 Å². The first-order valence-electron chi connectivity index (χ1n) is 3.84. The van der Waals surface area contributed by atoms with Crippen LogP contribution in [0.3, 0.4) is 0 Å². The van der Waals surface area contributed by atoms with E-state index in [0.29, 0.717) is 12.6 Å². The van der Waals surface area contributed by atoms with Gasteiger partial charge in [0.15, 0.2) is 0 Å². The SMILES string of the molecule is C=C.O=CC(C=O)c1ccccc1. The van der Waals surface area contributed by atoms with Crippen molar-refractivity contribution in [2.45, 2.75) is 5.92 Å². The second kappa shape index (κ2) is 6.98. The predicted octanol–water partition coefficient (Wildman–Crippen LogP) is 1.97. The fourth-order valence-electron chi connectivity index (χ4n) is 0.864. The highest BCUT2D eigenvalue weighted by Crippen LogP contribution is 2.09. The van der Waals surface area contributed by atoms with E-state index in [4.69, 9.17) is 0 Å². The molecule has 0 aliphatic rings. The summed E-state index contributed by atoms with van der Waals surface area (Å²) in [4.78, 5) is 20.6. The minimum atomic E-state index is -0.601. The predicted molar refractivity (Wildman–Crippen MR) is 52.6 cm³/mol. The van der Waals surface area contributed by atoms with Gasteiger partial charge in [0.05, 0.1) is 5.92 Å². The average Bonchev–Trinajstić information content (AvgIpc) is 2.24. The normalized spacial score (nSPS) is 8.38. The summed E-state index contributed by atoms with van der Waals surface area (Å²) in [7, 11) is 0. The molecule has 0 aliphatic heterocycles. The van der Waals surface area contributed by atoms with E-state index in [2.05, 4.69) is 13.2 Å². The van der Waals surface area contributed by atoms with Crippen LogP contribution < -0.4 is 0 Å². The lowest BCUT2D eigenvalue weighted by Crippen LogP contribution is -2.00. The van der Waals surface area contributed by atoms with Crippen LogP contribution in [0.15, 0.2) is 43.5 Å². The van der Waals surface area contributed by atoms with Crippen molar-refractivity contribution in [2.75, 3.05) is 0 Å². The summed E-state index contributed by atoms with van der Waals surface area (Å²) >= 11 is 0. The summed E-state index contributed by atoms with van der Waals surface area (Å²) < 4.78 is 0. The van der Waals surface area contributed by atoms with Crippen molar-refractivity contribution in [3.8, 4) is 0 Å². The molecule has 0 N–H and O–H groups in total. The quantitative estimate of drug-likeness (QED) is 0.401. The number of carbonyl (C=O) groups is 2. The van der Waals surface area contributed by atoms with Crippen molar-refractivity contribution in [1.29, 1.82) is 0 Å². The van der Waals surface area contributed by atoms with Gasteiger partial charge in [-0.3, -0.25) is 0 Å². The molecule has 0 heterocycles. The van der Waals surface area contributed by atoms with Gasteiger partial charge in [0.2, 0.25) is 0 Å². The Morgan fingerprint density at radius 3 is 1.85 bits per heavy atom. The maximum absolute atomic E-state index is 10.3. The Kier molecular flexibility index (Phi) is 6.06. The fraction of sp³-hybridized carbons (Fsp3) is 0.0909. The highest BCUT2D eigenvalue weighted by Gasteiger charge is 2.06. The standard InChI is InChI=1S/C9H8O2.C2H4/c10-6-9(7-11)8-4-2-1-3-5-8;1-2/h1-7,9H;1-2H2. The monoisotopic (exact) mass is 176 g/mol. The molecule has 0 aromatic heterocycles. The minimum absolute atomic E-state index is 0.601. The van der Waals surface area contributed by atoms with Gasteiger partial charge in [0.25, 0.3) is 0 Å². The molecular formula is C11H12O2. The first kappa shape index (κ1) is 11.3. The van der Waals surface area contributed by atoms with Gasteiger partial charge in [0.1, 0.15) is 12.6 Å². The second-order valence-electron chi connectivity index (χ2n) is 2.21. The molecule has 0 aliphatic carbocycles. The van der Waals surface area contributed by atoms with E-state index >= 15 is 0 Å². The second-order valence-corrected chi connectivity index (χ2v) is 2.21.